The Kier molecular flexibility index (Phi) is 4.34. The van der Waals surface area contributed by atoms with Crippen molar-refractivity contribution < 1.29 is 9.90 Å². The van der Waals surface area contributed by atoms with E-state index in [-0.39, 0.29) is 0 Å². The van der Waals surface area contributed by atoms with Crippen LogP contribution in [0.25, 0.3) is 0 Å². The van der Waals surface area contributed by atoms with E-state index in [1.165, 1.54) is 12.8 Å². The van der Waals surface area contributed by atoms with Crippen LogP contribution in [0.4, 0.5) is 0 Å². The fraction of sp³-hybridized carbons (Fsp3) is 0.600. The normalized spacial score (nSPS) is 19.1. The number of carboxylic acid groups (broad SMARTS) is 1. The van der Waals surface area contributed by atoms with Crippen LogP contribution in [0.15, 0.2) is 24.4 Å². The minimum atomic E-state index is -0.611. The molecule has 1 aliphatic rings. The summed E-state index contributed by atoms with van der Waals surface area (Å²) in [6.07, 6.45) is 9.38. The van der Waals surface area contributed by atoms with Crippen LogP contribution in [0, 0.1) is 5.41 Å². The highest BCUT2D eigenvalue weighted by atomic mass is 16.4. The van der Waals surface area contributed by atoms with Crippen LogP contribution in [-0.4, -0.2) is 16.1 Å². The summed E-state index contributed by atoms with van der Waals surface area (Å²) in [7, 11) is 0. The monoisotopic (exact) mass is 247 g/mol. The van der Waals surface area contributed by atoms with Crippen LogP contribution in [-0.2, 0) is 11.2 Å². The minimum absolute atomic E-state index is 0.506. The van der Waals surface area contributed by atoms with Crippen LogP contribution in [0.3, 0.4) is 0 Å². The number of aromatic nitrogens is 1. The van der Waals surface area contributed by atoms with E-state index in [4.69, 9.17) is 0 Å². The molecular weight excluding hydrogens is 226 g/mol. The maximum absolute atomic E-state index is 11.6. The summed E-state index contributed by atoms with van der Waals surface area (Å²) in [6.45, 7) is 0. The zero-order chi connectivity index (χ0) is 12.8. The highest BCUT2D eigenvalue weighted by Crippen LogP contribution is 2.39. The molecule has 98 valence electrons. The van der Waals surface area contributed by atoms with E-state index in [1.807, 2.05) is 18.2 Å². The number of hydrogen-bond donors (Lipinski definition) is 1. The molecule has 1 aromatic heterocycles. The van der Waals surface area contributed by atoms with E-state index in [0.29, 0.717) is 0 Å². The van der Waals surface area contributed by atoms with Gasteiger partial charge in [-0.3, -0.25) is 9.78 Å². The lowest BCUT2D eigenvalue weighted by Crippen LogP contribution is -2.31. The van der Waals surface area contributed by atoms with Gasteiger partial charge in [0.2, 0.25) is 0 Å². The first kappa shape index (κ1) is 13.1. The molecule has 1 aromatic rings. The molecule has 0 atom stereocenters. The number of nitrogens with zero attached hydrogens (tertiary/aromatic N) is 1. The van der Waals surface area contributed by atoms with Crippen molar-refractivity contribution in [3.05, 3.63) is 30.1 Å². The van der Waals surface area contributed by atoms with Crippen LogP contribution < -0.4 is 0 Å². The van der Waals surface area contributed by atoms with Gasteiger partial charge in [0.15, 0.2) is 0 Å². The van der Waals surface area contributed by atoms with Gasteiger partial charge in [-0.2, -0.15) is 0 Å². The molecule has 1 aliphatic carbocycles. The van der Waals surface area contributed by atoms with Gasteiger partial charge in [-0.25, -0.2) is 0 Å². The third kappa shape index (κ3) is 3.09. The van der Waals surface area contributed by atoms with Crippen molar-refractivity contribution in [1.29, 1.82) is 0 Å². The summed E-state index contributed by atoms with van der Waals surface area (Å²) >= 11 is 0. The molecule has 1 N–H and O–H groups in total. The average molecular weight is 247 g/mol. The molecule has 0 aromatic carbocycles. The van der Waals surface area contributed by atoms with Crippen molar-refractivity contribution in [2.45, 2.75) is 51.4 Å². The van der Waals surface area contributed by atoms with Crippen molar-refractivity contribution in [3.63, 3.8) is 0 Å². The highest BCUT2D eigenvalue weighted by Gasteiger charge is 2.38. The Morgan fingerprint density at radius 1 is 1.22 bits per heavy atom. The molecule has 0 spiro atoms. The Bertz CT molecular complexity index is 381. The van der Waals surface area contributed by atoms with Gasteiger partial charge < -0.3 is 5.11 Å². The summed E-state index contributed by atoms with van der Waals surface area (Å²) in [5, 5.41) is 9.57. The average Bonchev–Trinajstić information content (AvgIpc) is 2.64. The molecule has 1 heterocycles. The second-order valence-corrected chi connectivity index (χ2v) is 5.32. The first-order valence-electron chi connectivity index (χ1n) is 6.86. The van der Waals surface area contributed by atoms with Gasteiger partial charge in [0.25, 0.3) is 0 Å². The van der Waals surface area contributed by atoms with Crippen molar-refractivity contribution in [3.8, 4) is 0 Å². The van der Waals surface area contributed by atoms with E-state index in [1.54, 1.807) is 6.20 Å². The Morgan fingerprint density at radius 3 is 2.50 bits per heavy atom. The lowest BCUT2D eigenvalue weighted by atomic mass is 9.76. The van der Waals surface area contributed by atoms with E-state index in [0.717, 1.165) is 44.2 Å². The number of aliphatic carboxylic acids is 1. The third-order valence-corrected chi connectivity index (χ3v) is 4.10. The van der Waals surface area contributed by atoms with Gasteiger partial charge >= 0.3 is 5.97 Å². The zero-order valence-electron chi connectivity index (χ0n) is 10.8. The molecule has 18 heavy (non-hydrogen) atoms. The molecule has 2 rings (SSSR count). The van der Waals surface area contributed by atoms with Gasteiger partial charge in [0.1, 0.15) is 0 Å². The van der Waals surface area contributed by atoms with Crippen LogP contribution in [0.5, 0.6) is 0 Å². The minimum Gasteiger partial charge on any atom is -0.481 e. The standard InChI is InChI=1S/C15H21NO2/c17-14(18)15(9-4-1-2-5-10-15)11-8-13-7-3-6-12-16-13/h3,6-7,12H,1-2,4-5,8-11H2,(H,17,18). The fourth-order valence-corrected chi connectivity index (χ4v) is 2.89. The van der Waals surface area contributed by atoms with Gasteiger partial charge in [0.05, 0.1) is 5.41 Å². The smallest absolute Gasteiger partial charge is 0.309 e. The number of pyridine rings is 1. The lowest BCUT2D eigenvalue weighted by molar-refractivity contribution is -0.150. The predicted octanol–water partition coefficient (Wildman–Crippen LogP) is 3.44. The van der Waals surface area contributed by atoms with Crippen molar-refractivity contribution in [2.24, 2.45) is 5.41 Å². The van der Waals surface area contributed by atoms with Gasteiger partial charge in [-0.15, -0.1) is 0 Å². The second kappa shape index (κ2) is 5.98. The molecule has 3 heteroatoms. The predicted molar refractivity (Wildman–Crippen MR) is 70.3 cm³/mol. The largest absolute Gasteiger partial charge is 0.481 e. The fourth-order valence-electron chi connectivity index (χ4n) is 2.89. The zero-order valence-corrected chi connectivity index (χ0v) is 10.8. The Labute approximate surface area is 108 Å². The Hall–Kier alpha value is -1.38. The summed E-state index contributed by atoms with van der Waals surface area (Å²) in [6, 6.07) is 5.83. The number of carbonyl (C=O) groups is 1. The molecule has 0 radical (unpaired) electrons. The molecule has 3 nitrogen and oxygen atoms in total. The van der Waals surface area contributed by atoms with Crippen LogP contribution in [0.2, 0.25) is 0 Å². The number of aryl methyl sites for hydroxylation is 1. The van der Waals surface area contributed by atoms with Gasteiger partial charge in [0, 0.05) is 11.9 Å². The molecular formula is C15H21NO2. The highest BCUT2D eigenvalue weighted by molar-refractivity contribution is 5.74. The third-order valence-electron chi connectivity index (χ3n) is 4.10. The Balaban J connectivity index is 2.04. The SMILES string of the molecule is O=C(O)C1(CCc2ccccn2)CCCCCC1. The van der Waals surface area contributed by atoms with Crippen molar-refractivity contribution >= 4 is 5.97 Å². The molecule has 0 unspecified atom stereocenters. The number of hydrogen-bond acceptors (Lipinski definition) is 2. The molecule has 1 saturated carbocycles. The number of rotatable bonds is 4. The lowest BCUT2D eigenvalue weighted by Gasteiger charge is -2.27. The first-order valence-corrected chi connectivity index (χ1v) is 6.86. The van der Waals surface area contributed by atoms with Crippen LogP contribution >= 0.6 is 0 Å². The quantitative estimate of drug-likeness (QED) is 0.829. The maximum atomic E-state index is 11.6. The van der Waals surface area contributed by atoms with E-state index in [9.17, 15) is 9.90 Å². The first-order chi connectivity index (χ1) is 8.73. The molecule has 1 fully saturated rings. The van der Waals surface area contributed by atoms with Gasteiger partial charge in [-0.1, -0.05) is 31.7 Å². The van der Waals surface area contributed by atoms with Crippen molar-refractivity contribution in [1.82, 2.24) is 4.98 Å². The molecule has 0 saturated heterocycles. The van der Waals surface area contributed by atoms with Gasteiger partial charge in [-0.05, 0) is 37.8 Å². The summed E-state index contributed by atoms with van der Waals surface area (Å²) in [5.41, 5.74) is 0.496. The second-order valence-electron chi connectivity index (χ2n) is 5.32. The molecule has 0 bridgehead atoms. The molecule has 0 amide bonds. The van der Waals surface area contributed by atoms with E-state index < -0.39 is 11.4 Å². The van der Waals surface area contributed by atoms with E-state index in [2.05, 4.69) is 4.98 Å². The molecule has 0 aliphatic heterocycles. The van der Waals surface area contributed by atoms with Crippen molar-refractivity contribution in [2.75, 3.05) is 0 Å². The summed E-state index contributed by atoms with van der Waals surface area (Å²) in [5.74, 6) is -0.611. The number of carboxylic acids is 1. The van der Waals surface area contributed by atoms with Crippen LogP contribution in [0.1, 0.15) is 50.6 Å². The summed E-state index contributed by atoms with van der Waals surface area (Å²) in [4.78, 5) is 15.9. The van der Waals surface area contributed by atoms with E-state index >= 15 is 0 Å². The summed E-state index contributed by atoms with van der Waals surface area (Å²) < 4.78 is 0. The topological polar surface area (TPSA) is 50.2 Å². The maximum Gasteiger partial charge on any atom is 0.309 e. The Morgan fingerprint density at radius 2 is 1.94 bits per heavy atom.